The summed E-state index contributed by atoms with van der Waals surface area (Å²) < 4.78 is 44.2. The molecule has 5 rings (SSSR count). The van der Waals surface area contributed by atoms with E-state index in [0.29, 0.717) is 43.4 Å². The van der Waals surface area contributed by atoms with Gasteiger partial charge in [-0.15, -0.1) is 0 Å². The third-order valence-electron chi connectivity index (χ3n) is 7.39. The van der Waals surface area contributed by atoms with E-state index in [4.69, 9.17) is 25.8 Å². The molecular formula is C29H45ClF2N6O4. The lowest BCUT2D eigenvalue weighted by Crippen LogP contribution is -2.59. The van der Waals surface area contributed by atoms with E-state index in [2.05, 4.69) is 33.7 Å². The van der Waals surface area contributed by atoms with Crippen LogP contribution in [0.15, 0.2) is 0 Å². The lowest BCUT2D eigenvalue weighted by atomic mass is 10.1. The predicted octanol–water partition coefficient (Wildman–Crippen LogP) is 5.89. The average Bonchev–Trinajstić information content (AvgIpc) is 3.29. The average molecular weight is 615 g/mol. The van der Waals surface area contributed by atoms with Crippen LogP contribution >= 0.6 is 11.6 Å². The number of aromatic nitrogens is 3. The highest BCUT2D eigenvalue weighted by molar-refractivity contribution is 6.30. The number of anilines is 1. The van der Waals surface area contributed by atoms with Gasteiger partial charge in [0.05, 0.1) is 13.2 Å². The molecule has 3 aliphatic rings. The van der Waals surface area contributed by atoms with E-state index in [9.17, 15) is 13.6 Å². The molecule has 0 spiro atoms. The van der Waals surface area contributed by atoms with Crippen molar-refractivity contribution in [2.45, 2.75) is 98.2 Å². The van der Waals surface area contributed by atoms with E-state index in [-0.39, 0.29) is 28.6 Å². The van der Waals surface area contributed by atoms with Crippen molar-refractivity contribution in [2.75, 3.05) is 44.7 Å². The van der Waals surface area contributed by atoms with E-state index in [0.717, 1.165) is 19.4 Å². The Hall–Kier alpha value is -2.73. The summed E-state index contributed by atoms with van der Waals surface area (Å²) in [6.07, 6.45) is 0.491. The molecule has 3 unspecified atom stereocenters. The fraction of sp³-hybridized carbons (Fsp3) is 0.724. The van der Waals surface area contributed by atoms with E-state index in [1.165, 1.54) is 7.11 Å². The third-order valence-corrected chi connectivity index (χ3v) is 7.64. The molecular weight excluding hydrogens is 570 g/mol. The van der Waals surface area contributed by atoms with Gasteiger partial charge in [0, 0.05) is 32.2 Å². The number of hydrogen-bond acceptors (Lipinski definition) is 9. The fourth-order valence-corrected chi connectivity index (χ4v) is 5.58. The van der Waals surface area contributed by atoms with Crippen molar-refractivity contribution in [2.24, 2.45) is 0 Å². The van der Waals surface area contributed by atoms with Crippen LogP contribution in [0.1, 0.15) is 68.2 Å². The zero-order valence-electron chi connectivity index (χ0n) is 26.2. The number of nitrogens with zero attached hydrogens (tertiary/aromatic N) is 6. The second-order valence-electron chi connectivity index (χ2n) is 11.3. The molecule has 0 radical (unpaired) electrons. The van der Waals surface area contributed by atoms with Crippen molar-refractivity contribution >= 4 is 34.4 Å². The molecule has 13 heteroatoms. The van der Waals surface area contributed by atoms with Crippen LogP contribution in [-0.2, 0) is 4.74 Å². The highest BCUT2D eigenvalue weighted by Crippen LogP contribution is 2.41. The molecule has 42 heavy (non-hydrogen) atoms. The Kier molecular flexibility index (Phi) is 11.4. The van der Waals surface area contributed by atoms with E-state index in [1.807, 2.05) is 46.4 Å². The van der Waals surface area contributed by atoms with Gasteiger partial charge in [-0.05, 0) is 47.1 Å². The summed E-state index contributed by atoms with van der Waals surface area (Å²) in [5.74, 6) is -0.174. The molecule has 0 N–H and O–H groups in total. The van der Waals surface area contributed by atoms with Crippen LogP contribution in [0.25, 0.3) is 10.9 Å². The third kappa shape index (κ3) is 7.42. The fourth-order valence-electron chi connectivity index (χ4n) is 5.42. The van der Waals surface area contributed by atoms with Gasteiger partial charge < -0.3 is 24.0 Å². The first-order chi connectivity index (χ1) is 19.9. The van der Waals surface area contributed by atoms with Gasteiger partial charge >= 0.3 is 12.1 Å². The Morgan fingerprint density at radius 2 is 1.83 bits per heavy atom. The minimum atomic E-state index is -0.764. The molecule has 0 bridgehead atoms. The highest BCUT2D eigenvalue weighted by atomic mass is 35.5. The van der Waals surface area contributed by atoms with E-state index >= 15 is 0 Å². The van der Waals surface area contributed by atoms with E-state index in [1.54, 1.807) is 4.90 Å². The van der Waals surface area contributed by atoms with Crippen LogP contribution < -0.4 is 14.4 Å². The maximum Gasteiger partial charge on any atom is 0.410 e. The van der Waals surface area contributed by atoms with Crippen LogP contribution in [0.4, 0.5) is 19.4 Å². The number of alkyl halides is 1. The molecule has 4 atom stereocenters. The number of piperazine rings is 1. The number of carbonyl (C=O) groups excluding carboxylic acids is 1. The van der Waals surface area contributed by atoms with Crippen molar-refractivity contribution in [1.29, 1.82) is 0 Å². The van der Waals surface area contributed by atoms with Gasteiger partial charge in [0.1, 0.15) is 34.6 Å². The van der Waals surface area contributed by atoms with Crippen LogP contribution in [0.3, 0.4) is 0 Å². The number of hydrogen-bond donors (Lipinski definition) is 0. The molecule has 2 aromatic rings. The largest absolute Gasteiger partial charge is 0.472 e. The Morgan fingerprint density at radius 3 is 2.40 bits per heavy atom. The van der Waals surface area contributed by atoms with Gasteiger partial charge in [0.15, 0.2) is 11.0 Å². The summed E-state index contributed by atoms with van der Waals surface area (Å²) in [5.41, 5.74) is -0.616. The Morgan fingerprint density at radius 1 is 1.14 bits per heavy atom. The number of likely N-dealkylation sites (tertiary alicyclic amines) is 1. The summed E-state index contributed by atoms with van der Waals surface area (Å²) in [6.45, 7) is 18.4. The van der Waals surface area contributed by atoms with Crippen molar-refractivity contribution in [1.82, 2.24) is 24.8 Å². The predicted molar refractivity (Wildman–Crippen MR) is 160 cm³/mol. The van der Waals surface area contributed by atoms with Crippen molar-refractivity contribution in [3.05, 3.63) is 11.0 Å². The first-order valence-electron chi connectivity index (χ1n) is 14.8. The summed E-state index contributed by atoms with van der Waals surface area (Å²) in [6, 6.07) is 0.248. The molecule has 2 saturated heterocycles. The Balaban J connectivity index is 0.000000340. The second-order valence-corrected chi connectivity index (χ2v) is 11.6. The first-order valence-corrected chi connectivity index (χ1v) is 15.1. The summed E-state index contributed by atoms with van der Waals surface area (Å²) in [5, 5.41) is -0.00979. The number of amides is 1. The highest BCUT2D eigenvalue weighted by Gasteiger charge is 2.41. The summed E-state index contributed by atoms with van der Waals surface area (Å²) >= 11 is 5.97. The molecule has 0 aromatic carbocycles. The summed E-state index contributed by atoms with van der Waals surface area (Å²) in [7, 11) is 1.41. The molecule has 0 saturated carbocycles. The molecule has 2 fully saturated rings. The number of methoxy groups -OCH3 is 1. The lowest BCUT2D eigenvalue weighted by Gasteiger charge is -2.43. The zero-order chi connectivity index (χ0) is 31.4. The minimum Gasteiger partial charge on any atom is -0.472 e. The molecule has 10 nitrogen and oxygen atoms in total. The summed E-state index contributed by atoms with van der Waals surface area (Å²) in [4.78, 5) is 31.1. The SMILES string of the molecule is CC.CCC1C[C@@H](F)CN1CC.COc1nc2c3c(nc(Cl)c(F)c3n1)OC(C)C1CN(C(=O)OC(C)(C)C)CCN21. The quantitative estimate of drug-likeness (QED) is 0.393. The van der Waals surface area contributed by atoms with Crippen molar-refractivity contribution in [3.63, 3.8) is 0 Å². The number of rotatable bonds is 3. The van der Waals surface area contributed by atoms with Crippen LogP contribution in [-0.4, -0.2) is 101 Å². The van der Waals surface area contributed by atoms with Crippen LogP contribution in [0.5, 0.6) is 11.9 Å². The number of fused-ring (bicyclic) bond motifs is 2. The molecule has 1 amide bonds. The van der Waals surface area contributed by atoms with Crippen molar-refractivity contribution < 1.29 is 27.8 Å². The zero-order valence-corrected chi connectivity index (χ0v) is 27.0. The van der Waals surface area contributed by atoms with Gasteiger partial charge in [0.2, 0.25) is 5.88 Å². The van der Waals surface area contributed by atoms with Gasteiger partial charge in [-0.1, -0.05) is 39.3 Å². The molecule has 236 valence electrons. The van der Waals surface area contributed by atoms with Crippen LogP contribution in [0.2, 0.25) is 5.15 Å². The maximum absolute atomic E-state index is 14.7. The van der Waals surface area contributed by atoms with Crippen LogP contribution in [0, 0.1) is 5.82 Å². The van der Waals surface area contributed by atoms with Gasteiger partial charge in [-0.3, -0.25) is 4.90 Å². The first kappa shape index (κ1) is 33.8. The van der Waals surface area contributed by atoms with Crippen molar-refractivity contribution in [3.8, 4) is 11.9 Å². The van der Waals surface area contributed by atoms with E-state index < -0.39 is 29.8 Å². The second kappa shape index (κ2) is 14.2. The standard InChI is InChI=1S/C19H23ClFN5O4.C8H16FN.C2H6/c1-9-10-8-25(18(27)30-19(2,3)4)6-7-26(10)15-11-13(22-17(24-15)28-5)12(21)14(20)23-16(11)29-9;1-3-8-5-7(9)6-10(8)4-2;1-2/h9-10H,6-8H2,1-5H3;7-8H,3-6H2,1-2H3;1-2H3/t;7-,8?;/m.1./s1. The number of carbonyl (C=O) groups is 1. The normalized spacial score (nSPS) is 23.5. The number of halogens is 3. The topological polar surface area (TPSA) is 93.2 Å². The monoisotopic (exact) mass is 614 g/mol. The lowest BCUT2D eigenvalue weighted by molar-refractivity contribution is 0.0175. The maximum atomic E-state index is 14.7. The van der Waals surface area contributed by atoms with Gasteiger partial charge in [0.25, 0.3) is 0 Å². The number of ether oxygens (including phenoxy) is 3. The molecule has 3 aliphatic heterocycles. The van der Waals surface area contributed by atoms with Gasteiger partial charge in [-0.25, -0.2) is 13.6 Å². The molecule has 5 heterocycles. The van der Waals surface area contributed by atoms with Gasteiger partial charge in [-0.2, -0.15) is 15.0 Å². The minimum absolute atomic E-state index is 0.00694. The number of pyridine rings is 1. The Labute approximate surface area is 252 Å². The molecule has 0 aliphatic carbocycles. The smallest absolute Gasteiger partial charge is 0.410 e. The Bertz CT molecular complexity index is 1220. The molecule has 2 aromatic heterocycles.